The van der Waals surface area contributed by atoms with Crippen LogP contribution in [0.2, 0.25) is 0 Å². The van der Waals surface area contributed by atoms with Crippen molar-refractivity contribution in [3.63, 3.8) is 0 Å². The molecule has 1 aromatic carbocycles. The fraction of sp³-hybridized carbons (Fsp3) is 0.500. The highest BCUT2D eigenvalue weighted by molar-refractivity contribution is 5.96. The van der Waals surface area contributed by atoms with Gasteiger partial charge in [0, 0.05) is 18.7 Å². The molecular weight excluding hydrogens is 212 g/mol. The monoisotopic (exact) mass is 234 g/mol. The highest BCUT2D eigenvalue weighted by atomic mass is 16.5. The molecule has 2 rings (SSSR count). The van der Waals surface area contributed by atoms with Gasteiger partial charge in [-0.05, 0) is 6.92 Å². The molecule has 1 aliphatic rings. The van der Waals surface area contributed by atoms with E-state index in [1.54, 1.807) is 0 Å². The average Bonchev–Trinajstić information content (AvgIpc) is 2.42. The Labute approximate surface area is 104 Å². The fourth-order valence-electron chi connectivity index (χ4n) is 1.68. The zero-order chi connectivity index (χ0) is 12.7. The van der Waals surface area contributed by atoms with E-state index in [4.69, 9.17) is 10.1 Å². The van der Waals surface area contributed by atoms with Crippen molar-refractivity contribution in [1.82, 2.24) is 4.90 Å². The lowest BCUT2D eigenvalue weighted by Crippen LogP contribution is -2.40. The zero-order valence-corrected chi connectivity index (χ0v) is 11.0. The largest absolute Gasteiger partial charge is 0.378 e. The molecule has 3 heteroatoms. The smallest absolute Gasteiger partial charge is 0.128 e. The number of amidine groups is 1. The van der Waals surface area contributed by atoms with Gasteiger partial charge in [-0.1, -0.05) is 43.7 Å². The van der Waals surface area contributed by atoms with Crippen molar-refractivity contribution in [3.8, 4) is 0 Å². The van der Waals surface area contributed by atoms with Crippen LogP contribution in [-0.4, -0.2) is 37.0 Å². The number of benzene rings is 1. The molecule has 0 bridgehead atoms. The number of aryl methyl sites for hydroxylation is 1. The third kappa shape index (κ3) is 3.86. The maximum absolute atomic E-state index is 8.07. The molecule has 0 aliphatic carbocycles. The molecule has 0 amide bonds. The molecule has 0 spiro atoms. The van der Waals surface area contributed by atoms with Crippen LogP contribution in [0.15, 0.2) is 24.3 Å². The molecular formula is C14H22N2O. The second-order valence-electron chi connectivity index (χ2n) is 3.81. The van der Waals surface area contributed by atoms with Crippen LogP contribution in [0.5, 0.6) is 0 Å². The highest BCUT2D eigenvalue weighted by Gasteiger charge is 2.14. The first kappa shape index (κ1) is 13.7. The molecule has 94 valence electrons. The van der Waals surface area contributed by atoms with E-state index < -0.39 is 0 Å². The lowest BCUT2D eigenvalue weighted by Gasteiger charge is -2.29. The Morgan fingerprint density at radius 3 is 2.18 bits per heavy atom. The summed E-state index contributed by atoms with van der Waals surface area (Å²) in [5, 5.41) is 8.07. The summed E-state index contributed by atoms with van der Waals surface area (Å²) in [6.45, 7) is 9.17. The molecule has 1 N–H and O–H groups in total. The van der Waals surface area contributed by atoms with Crippen molar-refractivity contribution in [2.45, 2.75) is 20.8 Å². The normalized spacial score (nSPS) is 14.9. The van der Waals surface area contributed by atoms with Crippen molar-refractivity contribution in [3.05, 3.63) is 35.4 Å². The first-order valence-corrected chi connectivity index (χ1v) is 6.25. The molecule has 1 fully saturated rings. The van der Waals surface area contributed by atoms with Crippen LogP contribution in [0.1, 0.15) is 25.0 Å². The van der Waals surface area contributed by atoms with Gasteiger partial charge in [0.2, 0.25) is 0 Å². The minimum atomic E-state index is 0.610. The molecule has 0 saturated carbocycles. The summed E-state index contributed by atoms with van der Waals surface area (Å²) in [4.78, 5) is 2.06. The standard InChI is InChI=1S/C12H16N2O.C2H6/c1-10-2-4-11(5-3-10)12(13)14-6-8-15-9-7-14;1-2/h2-5,13H,6-9H2,1H3;1-2H3. The number of rotatable bonds is 1. The molecule has 0 unspecified atom stereocenters. The molecule has 0 atom stereocenters. The van der Waals surface area contributed by atoms with E-state index in [9.17, 15) is 0 Å². The Bertz CT molecular complexity index is 340. The van der Waals surface area contributed by atoms with E-state index in [0.717, 1.165) is 31.9 Å². The van der Waals surface area contributed by atoms with E-state index in [2.05, 4.69) is 11.8 Å². The predicted molar refractivity (Wildman–Crippen MR) is 71.7 cm³/mol. The third-order valence-electron chi connectivity index (χ3n) is 2.65. The van der Waals surface area contributed by atoms with E-state index in [1.165, 1.54) is 5.56 Å². The molecule has 17 heavy (non-hydrogen) atoms. The van der Waals surface area contributed by atoms with E-state index in [0.29, 0.717) is 5.84 Å². The number of hydrogen-bond acceptors (Lipinski definition) is 2. The van der Waals surface area contributed by atoms with Gasteiger partial charge in [0.1, 0.15) is 5.84 Å². The Morgan fingerprint density at radius 1 is 1.12 bits per heavy atom. The van der Waals surface area contributed by atoms with Gasteiger partial charge in [-0.15, -0.1) is 0 Å². The van der Waals surface area contributed by atoms with Gasteiger partial charge in [-0.2, -0.15) is 0 Å². The van der Waals surface area contributed by atoms with Crippen molar-refractivity contribution in [2.75, 3.05) is 26.3 Å². The minimum Gasteiger partial charge on any atom is -0.378 e. The number of ether oxygens (including phenoxy) is 1. The van der Waals surface area contributed by atoms with E-state index in [-0.39, 0.29) is 0 Å². The van der Waals surface area contributed by atoms with Crippen molar-refractivity contribution >= 4 is 5.84 Å². The predicted octanol–water partition coefficient (Wildman–Crippen LogP) is 2.68. The van der Waals surface area contributed by atoms with Gasteiger partial charge in [0.15, 0.2) is 0 Å². The number of morpholine rings is 1. The number of nitrogens with zero attached hydrogens (tertiary/aromatic N) is 1. The summed E-state index contributed by atoms with van der Waals surface area (Å²) in [6, 6.07) is 8.11. The van der Waals surface area contributed by atoms with Crippen molar-refractivity contribution in [1.29, 1.82) is 5.41 Å². The average molecular weight is 234 g/mol. The summed E-state index contributed by atoms with van der Waals surface area (Å²) in [7, 11) is 0. The molecule has 1 saturated heterocycles. The molecule has 1 heterocycles. The van der Waals surface area contributed by atoms with Crippen molar-refractivity contribution < 1.29 is 4.74 Å². The lowest BCUT2D eigenvalue weighted by atomic mass is 10.1. The SMILES string of the molecule is CC.Cc1ccc(C(=N)N2CCOCC2)cc1. The Morgan fingerprint density at radius 2 is 1.65 bits per heavy atom. The summed E-state index contributed by atoms with van der Waals surface area (Å²) in [5.74, 6) is 0.610. The topological polar surface area (TPSA) is 36.3 Å². The maximum atomic E-state index is 8.07. The number of nitrogens with one attached hydrogen (secondary N) is 1. The second-order valence-corrected chi connectivity index (χ2v) is 3.81. The van der Waals surface area contributed by atoms with Crippen LogP contribution < -0.4 is 0 Å². The van der Waals surface area contributed by atoms with Crippen LogP contribution in [0.25, 0.3) is 0 Å². The highest BCUT2D eigenvalue weighted by Crippen LogP contribution is 2.08. The Kier molecular flexibility index (Phi) is 5.70. The summed E-state index contributed by atoms with van der Waals surface area (Å²) >= 11 is 0. The lowest BCUT2D eigenvalue weighted by molar-refractivity contribution is 0.0680. The van der Waals surface area contributed by atoms with Crippen LogP contribution in [0.4, 0.5) is 0 Å². The summed E-state index contributed by atoms with van der Waals surface area (Å²) in [6.07, 6.45) is 0. The molecule has 3 nitrogen and oxygen atoms in total. The molecule has 1 aliphatic heterocycles. The van der Waals surface area contributed by atoms with Crippen LogP contribution in [-0.2, 0) is 4.74 Å². The van der Waals surface area contributed by atoms with Crippen LogP contribution >= 0.6 is 0 Å². The third-order valence-corrected chi connectivity index (χ3v) is 2.65. The molecule has 0 aromatic heterocycles. The fourth-order valence-corrected chi connectivity index (χ4v) is 1.68. The molecule has 1 aromatic rings. The summed E-state index contributed by atoms with van der Waals surface area (Å²) in [5.41, 5.74) is 2.22. The van der Waals surface area contributed by atoms with E-state index >= 15 is 0 Å². The van der Waals surface area contributed by atoms with E-state index in [1.807, 2.05) is 38.1 Å². The quantitative estimate of drug-likeness (QED) is 0.599. The van der Waals surface area contributed by atoms with Crippen molar-refractivity contribution in [2.24, 2.45) is 0 Å². The maximum Gasteiger partial charge on any atom is 0.128 e. The Balaban J connectivity index is 0.000000686. The van der Waals surface area contributed by atoms with Gasteiger partial charge in [-0.3, -0.25) is 5.41 Å². The van der Waals surface area contributed by atoms with Gasteiger partial charge in [0.25, 0.3) is 0 Å². The second kappa shape index (κ2) is 7.07. The van der Waals surface area contributed by atoms with Gasteiger partial charge in [0.05, 0.1) is 13.2 Å². The first-order chi connectivity index (χ1) is 8.27. The molecule has 0 radical (unpaired) electrons. The summed E-state index contributed by atoms with van der Waals surface area (Å²) < 4.78 is 5.27. The number of hydrogen-bond donors (Lipinski definition) is 1. The van der Waals surface area contributed by atoms with Gasteiger partial charge in [-0.25, -0.2) is 0 Å². The van der Waals surface area contributed by atoms with Gasteiger partial charge >= 0.3 is 0 Å². The van der Waals surface area contributed by atoms with Crippen LogP contribution in [0, 0.1) is 12.3 Å². The first-order valence-electron chi connectivity index (χ1n) is 6.25. The minimum absolute atomic E-state index is 0.610. The zero-order valence-electron chi connectivity index (χ0n) is 11.0. The van der Waals surface area contributed by atoms with Crippen LogP contribution in [0.3, 0.4) is 0 Å². The Hall–Kier alpha value is -1.35. The van der Waals surface area contributed by atoms with Gasteiger partial charge < -0.3 is 9.64 Å².